The van der Waals surface area contributed by atoms with E-state index in [1.165, 1.54) is 12.1 Å². The van der Waals surface area contributed by atoms with Crippen LogP contribution in [0, 0.1) is 16.0 Å². The molecule has 10 heteroatoms. The van der Waals surface area contributed by atoms with Gasteiger partial charge in [0.2, 0.25) is 5.75 Å². The Balaban J connectivity index is 0.00000169. The van der Waals surface area contributed by atoms with E-state index in [1.807, 2.05) is 0 Å². The van der Waals surface area contributed by atoms with E-state index in [4.69, 9.17) is 4.74 Å². The van der Waals surface area contributed by atoms with Crippen LogP contribution in [-0.4, -0.2) is 59.4 Å². The first-order valence-electron chi connectivity index (χ1n) is 8.30. The summed E-state index contributed by atoms with van der Waals surface area (Å²) in [6.07, 6.45) is 1.76. The predicted molar refractivity (Wildman–Crippen MR) is 102 cm³/mol. The summed E-state index contributed by atoms with van der Waals surface area (Å²) in [5.74, 6) is -0.804. The van der Waals surface area contributed by atoms with Gasteiger partial charge in [0.15, 0.2) is 5.75 Å². The fourth-order valence-electron chi connectivity index (χ4n) is 3.71. The van der Waals surface area contributed by atoms with Crippen LogP contribution in [-0.2, 0) is 4.74 Å². The minimum Gasteiger partial charge on any atom is -0.504 e. The summed E-state index contributed by atoms with van der Waals surface area (Å²) >= 11 is 0. The molecule has 148 valence electrons. The standard InChI is InChI=1S/C16H23N3O5.2ClH/c20-14-10-12(9-13(16(14)21)19(22)23)15(11-1-7-24-8-2-11)18-5-3-17-4-6-18;;/h9-11,15,17,20-21H,1-8H2;2*1H/t15-;;/m0../s1. The second kappa shape index (κ2) is 10.1. The van der Waals surface area contributed by atoms with Crippen LogP contribution in [0.25, 0.3) is 0 Å². The van der Waals surface area contributed by atoms with Crippen LogP contribution in [0.4, 0.5) is 5.69 Å². The molecule has 0 radical (unpaired) electrons. The molecular weight excluding hydrogens is 385 g/mol. The number of ether oxygens (including phenoxy) is 1. The number of rotatable bonds is 4. The Morgan fingerprint density at radius 1 is 1.19 bits per heavy atom. The monoisotopic (exact) mass is 409 g/mol. The van der Waals surface area contributed by atoms with Gasteiger partial charge in [0.1, 0.15) is 0 Å². The lowest BCUT2D eigenvalue weighted by Gasteiger charge is -2.41. The highest BCUT2D eigenvalue weighted by molar-refractivity contribution is 5.85. The first-order chi connectivity index (χ1) is 11.6. The van der Waals surface area contributed by atoms with Gasteiger partial charge in [0.25, 0.3) is 0 Å². The van der Waals surface area contributed by atoms with E-state index >= 15 is 0 Å². The Morgan fingerprint density at radius 3 is 2.38 bits per heavy atom. The fourth-order valence-corrected chi connectivity index (χ4v) is 3.71. The van der Waals surface area contributed by atoms with Gasteiger partial charge in [0.05, 0.1) is 4.92 Å². The molecule has 2 fully saturated rings. The maximum Gasteiger partial charge on any atom is 0.314 e. The average molecular weight is 410 g/mol. The molecule has 0 aromatic heterocycles. The molecule has 0 spiro atoms. The molecule has 26 heavy (non-hydrogen) atoms. The van der Waals surface area contributed by atoms with Crippen LogP contribution < -0.4 is 5.32 Å². The molecule has 2 aliphatic rings. The van der Waals surface area contributed by atoms with Gasteiger partial charge < -0.3 is 20.3 Å². The molecule has 2 saturated heterocycles. The quantitative estimate of drug-likeness (QED) is 0.397. The number of aromatic hydroxyl groups is 2. The molecule has 1 aromatic carbocycles. The number of hydrogen-bond acceptors (Lipinski definition) is 7. The summed E-state index contributed by atoms with van der Waals surface area (Å²) in [5, 5.41) is 34.2. The van der Waals surface area contributed by atoms with E-state index in [0.717, 1.165) is 39.0 Å². The van der Waals surface area contributed by atoms with Crippen molar-refractivity contribution in [1.82, 2.24) is 10.2 Å². The van der Waals surface area contributed by atoms with Gasteiger partial charge in [-0.15, -0.1) is 24.8 Å². The van der Waals surface area contributed by atoms with E-state index in [0.29, 0.717) is 24.7 Å². The predicted octanol–water partition coefficient (Wildman–Crippen LogP) is 2.22. The highest BCUT2D eigenvalue weighted by Gasteiger charge is 2.33. The van der Waals surface area contributed by atoms with Crippen LogP contribution >= 0.6 is 24.8 Å². The highest BCUT2D eigenvalue weighted by Crippen LogP contribution is 2.42. The summed E-state index contributed by atoms with van der Waals surface area (Å²) in [4.78, 5) is 12.8. The topological polar surface area (TPSA) is 108 Å². The number of benzene rings is 1. The molecule has 1 aromatic rings. The van der Waals surface area contributed by atoms with Gasteiger partial charge in [0, 0.05) is 51.5 Å². The fraction of sp³-hybridized carbons (Fsp3) is 0.625. The van der Waals surface area contributed by atoms with Gasteiger partial charge in [-0.3, -0.25) is 15.0 Å². The maximum atomic E-state index is 11.2. The minimum atomic E-state index is -0.671. The van der Waals surface area contributed by atoms with Gasteiger partial charge >= 0.3 is 5.69 Å². The smallest absolute Gasteiger partial charge is 0.314 e. The van der Waals surface area contributed by atoms with Crippen molar-refractivity contribution in [3.8, 4) is 11.5 Å². The maximum absolute atomic E-state index is 11.2. The van der Waals surface area contributed by atoms with Crippen molar-refractivity contribution in [2.45, 2.75) is 18.9 Å². The number of halogens is 2. The Hall–Kier alpha value is -1.32. The van der Waals surface area contributed by atoms with Crippen molar-refractivity contribution in [3.63, 3.8) is 0 Å². The zero-order valence-electron chi connectivity index (χ0n) is 14.3. The highest BCUT2D eigenvalue weighted by atomic mass is 35.5. The number of nitrogens with zero attached hydrogens (tertiary/aromatic N) is 2. The number of piperazine rings is 1. The Kier molecular flexibility index (Phi) is 8.85. The zero-order chi connectivity index (χ0) is 17.1. The lowest BCUT2D eigenvalue weighted by molar-refractivity contribution is -0.386. The second-order valence-corrected chi connectivity index (χ2v) is 6.35. The van der Waals surface area contributed by atoms with E-state index in [9.17, 15) is 20.3 Å². The van der Waals surface area contributed by atoms with Crippen molar-refractivity contribution < 1.29 is 19.9 Å². The van der Waals surface area contributed by atoms with Gasteiger partial charge in [-0.2, -0.15) is 0 Å². The van der Waals surface area contributed by atoms with Crippen LogP contribution in [0.2, 0.25) is 0 Å². The molecule has 3 N–H and O–H groups in total. The second-order valence-electron chi connectivity index (χ2n) is 6.35. The number of hydrogen-bond donors (Lipinski definition) is 3. The van der Waals surface area contributed by atoms with Crippen molar-refractivity contribution >= 4 is 30.5 Å². The molecule has 0 aliphatic carbocycles. The van der Waals surface area contributed by atoms with Crippen LogP contribution in [0.1, 0.15) is 24.4 Å². The molecule has 0 saturated carbocycles. The van der Waals surface area contributed by atoms with E-state index in [1.54, 1.807) is 0 Å². The van der Waals surface area contributed by atoms with Crippen LogP contribution in [0.3, 0.4) is 0 Å². The number of nitrogens with one attached hydrogen (secondary N) is 1. The number of nitro groups is 1. The molecular formula is C16H25Cl2N3O5. The SMILES string of the molecule is Cl.Cl.O=[N+]([O-])c1cc([C@H](C2CCOCC2)N2CCNCC2)cc(O)c1O. The Bertz CT molecular complexity index is 590. The number of phenols is 2. The van der Waals surface area contributed by atoms with Crippen molar-refractivity contribution in [3.05, 3.63) is 27.8 Å². The molecule has 0 bridgehead atoms. The molecule has 1 atom stereocenters. The van der Waals surface area contributed by atoms with E-state index < -0.39 is 22.1 Å². The third kappa shape index (κ3) is 4.89. The van der Waals surface area contributed by atoms with Crippen molar-refractivity contribution in [2.24, 2.45) is 5.92 Å². The normalized spacial score (nSPS) is 19.8. The third-order valence-electron chi connectivity index (χ3n) is 4.89. The van der Waals surface area contributed by atoms with Crippen LogP contribution in [0.5, 0.6) is 11.5 Å². The Morgan fingerprint density at radius 2 is 1.81 bits per heavy atom. The summed E-state index contributed by atoms with van der Waals surface area (Å²) in [5.41, 5.74) is 0.239. The third-order valence-corrected chi connectivity index (χ3v) is 4.89. The Labute approximate surface area is 164 Å². The van der Waals surface area contributed by atoms with Crippen molar-refractivity contribution in [1.29, 1.82) is 0 Å². The van der Waals surface area contributed by atoms with E-state index in [2.05, 4.69) is 10.2 Å². The van der Waals surface area contributed by atoms with Gasteiger partial charge in [-0.1, -0.05) is 0 Å². The molecule has 8 nitrogen and oxygen atoms in total. The molecule has 2 aliphatic heterocycles. The lowest BCUT2D eigenvalue weighted by atomic mass is 9.85. The largest absolute Gasteiger partial charge is 0.504 e. The zero-order valence-corrected chi connectivity index (χ0v) is 15.9. The summed E-state index contributed by atoms with van der Waals surface area (Å²) < 4.78 is 5.45. The lowest BCUT2D eigenvalue weighted by Crippen LogP contribution is -2.47. The first-order valence-corrected chi connectivity index (χ1v) is 8.30. The summed E-state index contributed by atoms with van der Waals surface area (Å²) in [6.45, 7) is 4.78. The number of phenolic OH excluding ortho intramolecular Hbond substituents is 2. The van der Waals surface area contributed by atoms with Crippen molar-refractivity contribution in [2.75, 3.05) is 39.4 Å². The molecule has 0 amide bonds. The molecule has 3 rings (SSSR count). The van der Waals surface area contributed by atoms with Crippen LogP contribution in [0.15, 0.2) is 12.1 Å². The van der Waals surface area contributed by atoms with E-state index in [-0.39, 0.29) is 30.9 Å². The van der Waals surface area contributed by atoms with Gasteiger partial charge in [-0.05, 0) is 30.4 Å². The first kappa shape index (κ1) is 22.7. The minimum absolute atomic E-state index is 0. The number of nitro benzene ring substituents is 1. The average Bonchev–Trinajstić information content (AvgIpc) is 2.60. The summed E-state index contributed by atoms with van der Waals surface area (Å²) in [7, 11) is 0. The molecule has 2 heterocycles. The molecule has 0 unspecified atom stereocenters. The summed E-state index contributed by atoms with van der Waals surface area (Å²) in [6, 6.07) is 2.84. The van der Waals surface area contributed by atoms with Gasteiger partial charge in [-0.25, -0.2) is 0 Å².